The number of carbonyl (C=O) groups is 2. The molecule has 0 aliphatic heterocycles. The number of hydrogen-bond donors (Lipinski definition) is 0. The number of rotatable bonds is 4. The van der Waals surface area contributed by atoms with Gasteiger partial charge in [-0.25, -0.2) is 9.59 Å². The zero-order valence-corrected chi connectivity index (χ0v) is 8.78. The Labute approximate surface area is 87.3 Å². The minimum absolute atomic E-state index is 0.521. The Balaban J connectivity index is 2.46. The average Bonchev–Trinajstić information content (AvgIpc) is 2.61. The highest BCUT2D eigenvalue weighted by Crippen LogP contribution is 2.34. The van der Waals surface area contributed by atoms with Gasteiger partial charge in [-0.2, -0.15) is 0 Å². The van der Waals surface area contributed by atoms with Crippen LogP contribution in [0.4, 0.5) is 0 Å². The molecule has 0 bridgehead atoms. The van der Waals surface area contributed by atoms with E-state index < -0.39 is 17.7 Å². The summed E-state index contributed by atoms with van der Waals surface area (Å²) in [6, 6.07) is 0. The van der Waals surface area contributed by atoms with Crippen LogP contribution in [0.1, 0.15) is 39.5 Å². The number of hydrogen-bond acceptors (Lipinski definition) is 6. The van der Waals surface area contributed by atoms with Crippen LogP contribution < -0.4 is 0 Å². The van der Waals surface area contributed by atoms with Crippen LogP contribution in [0, 0.1) is 0 Å². The Hall–Kier alpha value is -1.14. The van der Waals surface area contributed by atoms with Gasteiger partial charge in [-0.15, -0.1) is 9.78 Å². The first kappa shape index (κ1) is 11.9. The molecule has 0 heterocycles. The summed E-state index contributed by atoms with van der Waals surface area (Å²) in [5, 5.41) is 0. The fourth-order valence-corrected chi connectivity index (χ4v) is 1.36. The zero-order valence-electron chi connectivity index (χ0n) is 8.78. The van der Waals surface area contributed by atoms with Crippen molar-refractivity contribution in [1.29, 1.82) is 0 Å². The Morgan fingerprint density at radius 3 is 1.67 bits per heavy atom. The fourth-order valence-electron chi connectivity index (χ4n) is 1.36. The lowest BCUT2D eigenvalue weighted by Gasteiger charge is -2.23. The van der Waals surface area contributed by atoms with Gasteiger partial charge in [0.25, 0.3) is 5.79 Å². The van der Waals surface area contributed by atoms with Gasteiger partial charge in [-0.05, 0) is 12.8 Å². The van der Waals surface area contributed by atoms with Gasteiger partial charge in [0.05, 0.1) is 0 Å². The highest BCUT2D eigenvalue weighted by molar-refractivity contribution is 5.65. The first-order valence-corrected chi connectivity index (χ1v) is 4.77. The highest BCUT2D eigenvalue weighted by atomic mass is 17.3. The predicted octanol–water partition coefficient (Wildman–Crippen LogP) is 1.25. The van der Waals surface area contributed by atoms with Crippen molar-refractivity contribution < 1.29 is 29.1 Å². The summed E-state index contributed by atoms with van der Waals surface area (Å²) < 4.78 is 0. The first-order chi connectivity index (χ1) is 7.04. The van der Waals surface area contributed by atoms with Crippen molar-refractivity contribution >= 4 is 11.9 Å². The topological polar surface area (TPSA) is 71.1 Å². The summed E-state index contributed by atoms with van der Waals surface area (Å²) in [5.41, 5.74) is 0. The second kappa shape index (κ2) is 5.09. The van der Waals surface area contributed by atoms with E-state index in [-0.39, 0.29) is 0 Å². The van der Waals surface area contributed by atoms with Crippen LogP contribution in [-0.4, -0.2) is 17.7 Å². The van der Waals surface area contributed by atoms with Gasteiger partial charge < -0.3 is 0 Å². The molecular weight excluding hydrogens is 204 g/mol. The molecule has 1 aliphatic rings. The van der Waals surface area contributed by atoms with E-state index in [9.17, 15) is 9.59 Å². The SMILES string of the molecule is CC(=O)OOC1(OOC(C)=O)CCCC1. The van der Waals surface area contributed by atoms with Gasteiger partial charge in [0.2, 0.25) is 0 Å². The molecule has 0 amide bonds. The maximum atomic E-state index is 10.6. The Morgan fingerprint density at radius 1 is 0.933 bits per heavy atom. The van der Waals surface area contributed by atoms with E-state index in [1.165, 1.54) is 13.8 Å². The van der Waals surface area contributed by atoms with Crippen molar-refractivity contribution in [2.75, 3.05) is 0 Å². The molecule has 0 atom stereocenters. The molecule has 1 rings (SSSR count). The van der Waals surface area contributed by atoms with Crippen LogP contribution in [0.25, 0.3) is 0 Å². The molecule has 0 spiro atoms. The second-order valence-corrected chi connectivity index (χ2v) is 3.43. The molecule has 1 saturated carbocycles. The van der Waals surface area contributed by atoms with Gasteiger partial charge in [0, 0.05) is 26.7 Å². The lowest BCUT2D eigenvalue weighted by atomic mass is 10.2. The van der Waals surface area contributed by atoms with Gasteiger partial charge in [-0.1, -0.05) is 0 Å². The van der Waals surface area contributed by atoms with Gasteiger partial charge >= 0.3 is 11.9 Å². The van der Waals surface area contributed by atoms with Crippen LogP contribution in [-0.2, 0) is 29.1 Å². The molecule has 0 aromatic rings. The summed E-state index contributed by atoms with van der Waals surface area (Å²) in [6.07, 6.45) is 2.77. The molecule has 0 radical (unpaired) electrons. The van der Waals surface area contributed by atoms with Gasteiger partial charge in [0.15, 0.2) is 0 Å². The van der Waals surface area contributed by atoms with Crippen LogP contribution in [0.2, 0.25) is 0 Å². The molecule has 6 heteroatoms. The third-order valence-corrected chi connectivity index (χ3v) is 1.99. The molecule has 0 saturated heterocycles. The minimum atomic E-state index is -1.13. The maximum Gasteiger partial charge on any atom is 0.339 e. The smallest absolute Gasteiger partial charge is 0.296 e. The van der Waals surface area contributed by atoms with Crippen molar-refractivity contribution in [3.8, 4) is 0 Å². The zero-order chi connectivity index (χ0) is 11.3. The van der Waals surface area contributed by atoms with E-state index in [1.807, 2.05) is 0 Å². The van der Waals surface area contributed by atoms with Crippen LogP contribution >= 0.6 is 0 Å². The molecule has 0 unspecified atom stereocenters. The number of carbonyl (C=O) groups excluding carboxylic acids is 2. The maximum absolute atomic E-state index is 10.6. The summed E-state index contributed by atoms with van der Waals surface area (Å²) in [7, 11) is 0. The van der Waals surface area contributed by atoms with Crippen molar-refractivity contribution in [2.45, 2.75) is 45.3 Å². The summed E-state index contributed by atoms with van der Waals surface area (Å²) in [5.74, 6) is -2.28. The van der Waals surface area contributed by atoms with E-state index in [0.29, 0.717) is 12.8 Å². The standard InChI is InChI=1S/C9H14O6/c1-7(10)12-14-9(5-3-4-6-9)15-13-8(2)11/h3-6H2,1-2H3. The molecule has 1 aliphatic carbocycles. The van der Waals surface area contributed by atoms with Crippen LogP contribution in [0.3, 0.4) is 0 Å². The molecular formula is C9H14O6. The molecule has 6 nitrogen and oxygen atoms in total. The molecule has 1 fully saturated rings. The van der Waals surface area contributed by atoms with E-state index in [0.717, 1.165) is 12.8 Å². The lowest BCUT2D eigenvalue weighted by molar-refractivity contribution is -0.478. The summed E-state index contributed by atoms with van der Waals surface area (Å²) >= 11 is 0. The molecule has 15 heavy (non-hydrogen) atoms. The van der Waals surface area contributed by atoms with Crippen molar-refractivity contribution in [2.24, 2.45) is 0 Å². The van der Waals surface area contributed by atoms with Gasteiger partial charge in [0.1, 0.15) is 0 Å². The van der Waals surface area contributed by atoms with Gasteiger partial charge in [-0.3, -0.25) is 9.78 Å². The van der Waals surface area contributed by atoms with Crippen LogP contribution in [0.15, 0.2) is 0 Å². The van der Waals surface area contributed by atoms with E-state index in [4.69, 9.17) is 9.78 Å². The third-order valence-electron chi connectivity index (χ3n) is 1.99. The summed E-state index contributed by atoms with van der Waals surface area (Å²) in [6.45, 7) is 2.43. The molecule has 86 valence electrons. The average molecular weight is 218 g/mol. The molecule has 0 aromatic heterocycles. The molecule has 0 N–H and O–H groups in total. The lowest BCUT2D eigenvalue weighted by Crippen LogP contribution is -2.34. The first-order valence-electron chi connectivity index (χ1n) is 4.77. The summed E-state index contributed by atoms with van der Waals surface area (Å²) in [4.78, 5) is 39.7. The van der Waals surface area contributed by atoms with Crippen molar-refractivity contribution in [3.63, 3.8) is 0 Å². The van der Waals surface area contributed by atoms with E-state index in [2.05, 4.69) is 9.78 Å². The Bertz CT molecular complexity index is 223. The Morgan fingerprint density at radius 2 is 1.33 bits per heavy atom. The quantitative estimate of drug-likeness (QED) is 0.401. The van der Waals surface area contributed by atoms with Crippen molar-refractivity contribution in [1.82, 2.24) is 0 Å². The van der Waals surface area contributed by atoms with E-state index in [1.54, 1.807) is 0 Å². The van der Waals surface area contributed by atoms with Crippen molar-refractivity contribution in [3.05, 3.63) is 0 Å². The normalized spacial score (nSPS) is 18.5. The Kier molecular flexibility index (Phi) is 4.05. The third kappa shape index (κ3) is 3.85. The largest absolute Gasteiger partial charge is 0.339 e. The second-order valence-electron chi connectivity index (χ2n) is 3.43. The predicted molar refractivity (Wildman–Crippen MR) is 46.9 cm³/mol. The molecule has 0 aromatic carbocycles. The fraction of sp³-hybridized carbons (Fsp3) is 0.778. The highest BCUT2D eigenvalue weighted by Gasteiger charge is 2.41. The monoisotopic (exact) mass is 218 g/mol. The van der Waals surface area contributed by atoms with E-state index >= 15 is 0 Å². The minimum Gasteiger partial charge on any atom is -0.296 e. The van der Waals surface area contributed by atoms with Crippen LogP contribution in [0.5, 0.6) is 0 Å².